The van der Waals surface area contributed by atoms with Gasteiger partial charge in [-0.1, -0.05) is 141 Å². The predicted octanol–water partition coefficient (Wildman–Crippen LogP) is 10.5. The first-order valence-electron chi connectivity index (χ1n) is 14.5. The maximum Gasteiger partial charge on any atom is 0.125 e. The van der Waals surface area contributed by atoms with Gasteiger partial charge in [0.1, 0.15) is 11.5 Å². The molecule has 0 aliphatic carbocycles. The number of aryl methyl sites for hydroxylation is 1. The Labute approximate surface area is 207 Å². The van der Waals surface area contributed by atoms with Crippen LogP contribution in [-0.4, -0.2) is 14.2 Å². The van der Waals surface area contributed by atoms with Gasteiger partial charge in [-0.15, -0.1) is 0 Å². The van der Waals surface area contributed by atoms with E-state index in [2.05, 4.69) is 13.0 Å². The Hall–Kier alpha value is -1.18. The second-order valence-corrected chi connectivity index (χ2v) is 10.00. The van der Waals surface area contributed by atoms with Gasteiger partial charge >= 0.3 is 0 Å². The van der Waals surface area contributed by atoms with E-state index in [-0.39, 0.29) is 0 Å². The van der Waals surface area contributed by atoms with Gasteiger partial charge in [-0.3, -0.25) is 0 Å². The first kappa shape index (κ1) is 29.9. The molecule has 0 radical (unpaired) electrons. The fraction of sp³-hybridized carbons (Fsp3) is 0.806. The molecule has 0 saturated heterocycles. The van der Waals surface area contributed by atoms with E-state index in [0.717, 1.165) is 17.9 Å². The van der Waals surface area contributed by atoms with E-state index in [9.17, 15) is 0 Å². The number of ether oxygens (including phenoxy) is 2. The van der Waals surface area contributed by atoms with Crippen LogP contribution in [0.3, 0.4) is 0 Å². The third-order valence-electron chi connectivity index (χ3n) is 7.04. The highest BCUT2D eigenvalue weighted by atomic mass is 16.5. The molecule has 1 rings (SSSR count). The highest BCUT2D eigenvalue weighted by Gasteiger charge is 2.04. The Bertz CT molecular complexity index is 540. The number of rotatable bonds is 24. The van der Waals surface area contributed by atoms with Crippen LogP contribution in [0.15, 0.2) is 18.2 Å². The van der Waals surface area contributed by atoms with Crippen LogP contribution < -0.4 is 9.47 Å². The smallest absolute Gasteiger partial charge is 0.125 e. The van der Waals surface area contributed by atoms with Crippen LogP contribution >= 0.6 is 0 Å². The van der Waals surface area contributed by atoms with Gasteiger partial charge in [0.05, 0.1) is 14.2 Å². The lowest BCUT2D eigenvalue weighted by Gasteiger charge is -2.10. The Balaban J connectivity index is 1.79. The van der Waals surface area contributed by atoms with Crippen LogP contribution in [0.1, 0.15) is 147 Å². The molecule has 0 aromatic heterocycles. The fourth-order valence-corrected chi connectivity index (χ4v) is 4.81. The second kappa shape index (κ2) is 22.6. The number of benzene rings is 1. The minimum Gasteiger partial charge on any atom is -0.497 e. The Morgan fingerprint density at radius 3 is 1.24 bits per heavy atom. The van der Waals surface area contributed by atoms with Gasteiger partial charge in [-0.2, -0.15) is 0 Å². The molecule has 192 valence electrons. The molecule has 0 aliphatic rings. The molecule has 0 atom stereocenters. The quantitative estimate of drug-likeness (QED) is 0.143. The van der Waals surface area contributed by atoms with Crippen molar-refractivity contribution in [3.8, 4) is 11.5 Å². The summed E-state index contributed by atoms with van der Waals surface area (Å²) in [6.45, 7) is 2.30. The topological polar surface area (TPSA) is 18.5 Å². The lowest BCUT2D eigenvalue weighted by molar-refractivity contribution is 0.390. The van der Waals surface area contributed by atoms with Gasteiger partial charge in [0.25, 0.3) is 0 Å². The molecule has 0 amide bonds. The molecule has 1 aromatic carbocycles. The minimum absolute atomic E-state index is 0.870. The number of unbranched alkanes of at least 4 members (excludes halogenated alkanes) is 20. The molecule has 33 heavy (non-hydrogen) atoms. The van der Waals surface area contributed by atoms with E-state index in [0.29, 0.717) is 0 Å². The van der Waals surface area contributed by atoms with Crippen LogP contribution in [0, 0.1) is 0 Å². The van der Waals surface area contributed by atoms with Crippen LogP contribution in [0.5, 0.6) is 11.5 Å². The van der Waals surface area contributed by atoms with E-state index in [4.69, 9.17) is 9.47 Å². The fourth-order valence-electron chi connectivity index (χ4n) is 4.81. The van der Waals surface area contributed by atoms with Crippen molar-refractivity contribution in [3.05, 3.63) is 23.8 Å². The summed E-state index contributed by atoms with van der Waals surface area (Å²) < 4.78 is 10.8. The van der Waals surface area contributed by atoms with Crippen molar-refractivity contribution in [2.24, 2.45) is 0 Å². The number of hydrogen-bond donors (Lipinski definition) is 0. The zero-order chi connectivity index (χ0) is 23.8. The molecular weight excluding hydrogens is 404 g/mol. The lowest BCUT2D eigenvalue weighted by Crippen LogP contribution is -1.94. The van der Waals surface area contributed by atoms with E-state index < -0.39 is 0 Å². The maximum absolute atomic E-state index is 5.51. The zero-order valence-corrected chi connectivity index (χ0v) is 22.6. The van der Waals surface area contributed by atoms with E-state index >= 15 is 0 Å². The average molecular weight is 461 g/mol. The summed E-state index contributed by atoms with van der Waals surface area (Å²) in [5.74, 6) is 1.83. The first-order valence-corrected chi connectivity index (χ1v) is 14.5. The Morgan fingerprint density at radius 1 is 0.485 bits per heavy atom. The number of methoxy groups -OCH3 is 2. The second-order valence-electron chi connectivity index (χ2n) is 10.00. The van der Waals surface area contributed by atoms with E-state index in [1.807, 2.05) is 12.1 Å². The molecule has 0 N–H and O–H groups in total. The predicted molar refractivity (Wildman–Crippen MR) is 146 cm³/mol. The summed E-state index contributed by atoms with van der Waals surface area (Å²) in [5, 5.41) is 0. The third kappa shape index (κ3) is 17.0. The third-order valence-corrected chi connectivity index (χ3v) is 7.04. The molecule has 0 unspecified atom stereocenters. The van der Waals surface area contributed by atoms with Crippen molar-refractivity contribution in [2.75, 3.05) is 14.2 Å². The molecular formula is C31H56O2. The van der Waals surface area contributed by atoms with Crippen molar-refractivity contribution < 1.29 is 9.47 Å². The van der Waals surface area contributed by atoms with Gasteiger partial charge < -0.3 is 9.47 Å². The molecule has 0 bridgehead atoms. The number of hydrogen-bond acceptors (Lipinski definition) is 2. The summed E-state index contributed by atoms with van der Waals surface area (Å²) in [4.78, 5) is 0. The van der Waals surface area contributed by atoms with Crippen molar-refractivity contribution in [2.45, 2.75) is 148 Å². The summed E-state index contributed by atoms with van der Waals surface area (Å²) in [6.07, 6.45) is 31.2. The van der Waals surface area contributed by atoms with E-state index in [1.54, 1.807) is 14.2 Å². The molecule has 0 saturated carbocycles. The molecule has 2 nitrogen and oxygen atoms in total. The van der Waals surface area contributed by atoms with Crippen LogP contribution in [-0.2, 0) is 6.42 Å². The van der Waals surface area contributed by atoms with Crippen molar-refractivity contribution in [1.82, 2.24) is 0 Å². The lowest BCUT2D eigenvalue weighted by atomic mass is 10.0. The van der Waals surface area contributed by atoms with Crippen LogP contribution in [0.2, 0.25) is 0 Å². The monoisotopic (exact) mass is 460 g/mol. The molecule has 0 fully saturated rings. The summed E-state index contributed by atoms with van der Waals surface area (Å²) in [5.41, 5.74) is 1.30. The van der Waals surface area contributed by atoms with Gasteiger partial charge in [0.15, 0.2) is 0 Å². The highest BCUT2D eigenvalue weighted by molar-refractivity contribution is 5.40. The van der Waals surface area contributed by atoms with E-state index in [1.165, 1.54) is 140 Å². The molecule has 0 spiro atoms. The highest BCUT2D eigenvalue weighted by Crippen LogP contribution is 2.26. The largest absolute Gasteiger partial charge is 0.497 e. The van der Waals surface area contributed by atoms with Crippen LogP contribution in [0.25, 0.3) is 0 Å². The molecule has 0 aliphatic heterocycles. The Morgan fingerprint density at radius 2 is 0.879 bits per heavy atom. The molecule has 1 aromatic rings. The van der Waals surface area contributed by atoms with Gasteiger partial charge in [-0.05, 0) is 24.5 Å². The van der Waals surface area contributed by atoms with Crippen molar-refractivity contribution in [3.63, 3.8) is 0 Å². The van der Waals surface area contributed by atoms with Crippen LogP contribution in [0.4, 0.5) is 0 Å². The van der Waals surface area contributed by atoms with Gasteiger partial charge in [-0.25, -0.2) is 0 Å². The summed E-state index contributed by atoms with van der Waals surface area (Å²) in [7, 11) is 3.45. The maximum atomic E-state index is 5.51. The Kier molecular flexibility index (Phi) is 20.4. The zero-order valence-electron chi connectivity index (χ0n) is 22.6. The van der Waals surface area contributed by atoms with Crippen molar-refractivity contribution >= 4 is 0 Å². The summed E-state index contributed by atoms with van der Waals surface area (Å²) >= 11 is 0. The standard InChI is InChI=1S/C31H56O2/c1-4-5-6-7-8-9-10-11-12-13-14-15-16-17-18-19-20-21-22-23-24-25-29-26-27-30(32-2)28-31(29)33-3/h26-28H,4-25H2,1-3H3. The normalized spacial score (nSPS) is 11.1. The SMILES string of the molecule is CCCCCCCCCCCCCCCCCCCCCCCc1ccc(OC)cc1OC. The van der Waals surface area contributed by atoms with Crippen molar-refractivity contribution in [1.29, 1.82) is 0 Å². The first-order chi connectivity index (χ1) is 16.3. The molecule has 2 heteroatoms. The van der Waals surface area contributed by atoms with Gasteiger partial charge in [0, 0.05) is 6.07 Å². The summed E-state index contributed by atoms with van der Waals surface area (Å²) in [6, 6.07) is 6.18. The molecule has 0 heterocycles. The minimum atomic E-state index is 0.870. The average Bonchev–Trinajstić information content (AvgIpc) is 2.85. The van der Waals surface area contributed by atoms with Gasteiger partial charge in [0.2, 0.25) is 0 Å².